The molecular formula is C18H39NO2. The van der Waals surface area contributed by atoms with Gasteiger partial charge in [0.25, 0.3) is 0 Å². The van der Waals surface area contributed by atoms with Crippen LogP contribution in [-0.2, 0) is 9.47 Å². The van der Waals surface area contributed by atoms with Crippen molar-refractivity contribution < 1.29 is 9.47 Å². The summed E-state index contributed by atoms with van der Waals surface area (Å²) in [6.07, 6.45) is 4.79. The molecule has 0 saturated carbocycles. The number of rotatable bonds is 15. The fourth-order valence-corrected chi connectivity index (χ4v) is 1.93. The van der Waals surface area contributed by atoms with Gasteiger partial charge in [0.05, 0.1) is 13.2 Å². The van der Waals surface area contributed by atoms with E-state index in [0.717, 1.165) is 64.3 Å². The second kappa shape index (κ2) is 14.8. The smallest absolute Gasteiger partial charge is 0.0593 e. The van der Waals surface area contributed by atoms with Gasteiger partial charge < -0.3 is 9.47 Å². The van der Waals surface area contributed by atoms with Crippen molar-refractivity contribution in [1.82, 2.24) is 4.90 Å². The van der Waals surface area contributed by atoms with Gasteiger partial charge in [-0.05, 0) is 37.6 Å². The summed E-state index contributed by atoms with van der Waals surface area (Å²) in [6.45, 7) is 18.0. The first-order valence-corrected chi connectivity index (χ1v) is 8.94. The monoisotopic (exact) mass is 301 g/mol. The molecule has 128 valence electrons. The standard InChI is InChI=1S/C18H39NO2/c1-6-7-13-20-15-11-19(10-8-17(2)3)12-16-21-14-9-18(4)5/h17-18H,6-16H2,1-5H3. The van der Waals surface area contributed by atoms with E-state index in [-0.39, 0.29) is 0 Å². The summed E-state index contributed by atoms with van der Waals surface area (Å²) in [4.78, 5) is 2.49. The van der Waals surface area contributed by atoms with Crippen molar-refractivity contribution >= 4 is 0 Å². The normalized spacial score (nSPS) is 12.0. The lowest BCUT2D eigenvalue weighted by Gasteiger charge is -2.23. The van der Waals surface area contributed by atoms with E-state index in [1.807, 2.05) is 0 Å². The molecule has 0 saturated heterocycles. The number of hydrogen-bond acceptors (Lipinski definition) is 3. The topological polar surface area (TPSA) is 21.7 Å². The number of unbranched alkanes of at least 4 members (excludes halogenated alkanes) is 1. The maximum atomic E-state index is 5.74. The predicted molar refractivity (Wildman–Crippen MR) is 91.9 cm³/mol. The lowest BCUT2D eigenvalue weighted by atomic mass is 10.1. The van der Waals surface area contributed by atoms with Crippen molar-refractivity contribution in [3.05, 3.63) is 0 Å². The summed E-state index contributed by atoms with van der Waals surface area (Å²) in [6, 6.07) is 0. The highest BCUT2D eigenvalue weighted by Gasteiger charge is 2.06. The molecular weight excluding hydrogens is 262 g/mol. The lowest BCUT2D eigenvalue weighted by Crippen LogP contribution is -2.32. The van der Waals surface area contributed by atoms with Crippen molar-refractivity contribution in [2.45, 2.75) is 60.3 Å². The Hall–Kier alpha value is -0.120. The molecule has 3 nitrogen and oxygen atoms in total. The molecule has 0 bridgehead atoms. The van der Waals surface area contributed by atoms with Gasteiger partial charge in [-0.25, -0.2) is 0 Å². The van der Waals surface area contributed by atoms with Gasteiger partial charge in [0, 0.05) is 26.3 Å². The molecule has 0 radical (unpaired) electrons. The largest absolute Gasteiger partial charge is 0.380 e. The highest BCUT2D eigenvalue weighted by atomic mass is 16.5. The third-order valence-electron chi connectivity index (χ3n) is 3.61. The minimum Gasteiger partial charge on any atom is -0.380 e. The van der Waals surface area contributed by atoms with Crippen molar-refractivity contribution in [2.75, 3.05) is 46.1 Å². The fraction of sp³-hybridized carbons (Fsp3) is 1.00. The molecule has 0 fully saturated rings. The Kier molecular flexibility index (Phi) is 14.7. The molecule has 0 rings (SSSR count). The Bertz CT molecular complexity index is 207. The summed E-state index contributed by atoms with van der Waals surface area (Å²) in [5, 5.41) is 0. The van der Waals surface area contributed by atoms with Gasteiger partial charge in [-0.3, -0.25) is 4.90 Å². The number of hydrogen-bond donors (Lipinski definition) is 0. The quantitative estimate of drug-likeness (QED) is 0.423. The van der Waals surface area contributed by atoms with Gasteiger partial charge in [-0.1, -0.05) is 41.0 Å². The average Bonchev–Trinajstić information content (AvgIpc) is 2.42. The van der Waals surface area contributed by atoms with Gasteiger partial charge in [-0.2, -0.15) is 0 Å². The SMILES string of the molecule is CCCCOCCN(CCOCCC(C)C)CCC(C)C. The van der Waals surface area contributed by atoms with Gasteiger partial charge in [0.1, 0.15) is 0 Å². The molecule has 0 N–H and O–H groups in total. The van der Waals surface area contributed by atoms with E-state index in [0.29, 0.717) is 0 Å². The fourth-order valence-electron chi connectivity index (χ4n) is 1.93. The molecule has 0 atom stereocenters. The van der Waals surface area contributed by atoms with Crippen LogP contribution in [0, 0.1) is 11.8 Å². The third kappa shape index (κ3) is 16.1. The zero-order chi connectivity index (χ0) is 15.9. The first-order chi connectivity index (χ1) is 10.1. The van der Waals surface area contributed by atoms with Crippen LogP contribution in [-0.4, -0.2) is 51.0 Å². The Labute approximate surface area is 133 Å². The van der Waals surface area contributed by atoms with Crippen LogP contribution in [0.15, 0.2) is 0 Å². The molecule has 21 heavy (non-hydrogen) atoms. The third-order valence-corrected chi connectivity index (χ3v) is 3.61. The lowest BCUT2D eigenvalue weighted by molar-refractivity contribution is 0.0688. The van der Waals surface area contributed by atoms with E-state index in [9.17, 15) is 0 Å². The Balaban J connectivity index is 3.74. The van der Waals surface area contributed by atoms with Crippen LogP contribution in [0.25, 0.3) is 0 Å². The molecule has 0 aromatic carbocycles. The summed E-state index contributed by atoms with van der Waals surface area (Å²) in [7, 11) is 0. The van der Waals surface area contributed by atoms with Crippen LogP contribution in [0.4, 0.5) is 0 Å². The van der Waals surface area contributed by atoms with Crippen molar-refractivity contribution in [1.29, 1.82) is 0 Å². The molecule has 0 amide bonds. The highest BCUT2D eigenvalue weighted by molar-refractivity contribution is 4.59. The molecule has 0 aliphatic rings. The minimum atomic E-state index is 0.731. The maximum absolute atomic E-state index is 5.74. The molecule has 0 heterocycles. The van der Waals surface area contributed by atoms with Crippen molar-refractivity contribution in [2.24, 2.45) is 11.8 Å². The highest BCUT2D eigenvalue weighted by Crippen LogP contribution is 2.03. The van der Waals surface area contributed by atoms with Gasteiger partial charge in [-0.15, -0.1) is 0 Å². The second-order valence-electron chi connectivity index (χ2n) is 6.78. The van der Waals surface area contributed by atoms with E-state index in [1.54, 1.807) is 0 Å². The second-order valence-corrected chi connectivity index (χ2v) is 6.78. The van der Waals surface area contributed by atoms with Crippen LogP contribution < -0.4 is 0 Å². The molecule has 0 aliphatic heterocycles. The van der Waals surface area contributed by atoms with Crippen LogP contribution in [0.5, 0.6) is 0 Å². The van der Waals surface area contributed by atoms with Crippen molar-refractivity contribution in [3.8, 4) is 0 Å². The zero-order valence-electron chi connectivity index (χ0n) is 15.2. The predicted octanol–water partition coefficient (Wildman–Crippen LogP) is 4.21. The van der Waals surface area contributed by atoms with Crippen LogP contribution in [0.1, 0.15) is 60.3 Å². The van der Waals surface area contributed by atoms with Crippen molar-refractivity contribution in [3.63, 3.8) is 0 Å². The molecule has 0 spiro atoms. The van der Waals surface area contributed by atoms with E-state index in [4.69, 9.17) is 9.47 Å². The summed E-state index contributed by atoms with van der Waals surface area (Å²) in [5.74, 6) is 1.49. The summed E-state index contributed by atoms with van der Waals surface area (Å²) >= 11 is 0. The zero-order valence-corrected chi connectivity index (χ0v) is 15.2. The maximum Gasteiger partial charge on any atom is 0.0593 e. The first-order valence-electron chi connectivity index (χ1n) is 8.94. The summed E-state index contributed by atoms with van der Waals surface area (Å²) < 4.78 is 11.4. The Morgan fingerprint density at radius 1 is 0.714 bits per heavy atom. The first kappa shape index (κ1) is 20.9. The van der Waals surface area contributed by atoms with E-state index >= 15 is 0 Å². The van der Waals surface area contributed by atoms with Crippen LogP contribution in [0.3, 0.4) is 0 Å². The van der Waals surface area contributed by atoms with E-state index in [1.165, 1.54) is 19.3 Å². The molecule has 3 heteroatoms. The average molecular weight is 302 g/mol. The van der Waals surface area contributed by atoms with Gasteiger partial charge >= 0.3 is 0 Å². The molecule has 0 aliphatic carbocycles. The van der Waals surface area contributed by atoms with Gasteiger partial charge in [0.15, 0.2) is 0 Å². The van der Waals surface area contributed by atoms with E-state index in [2.05, 4.69) is 39.5 Å². The van der Waals surface area contributed by atoms with E-state index < -0.39 is 0 Å². The number of ether oxygens (including phenoxy) is 2. The van der Waals surface area contributed by atoms with Gasteiger partial charge in [0.2, 0.25) is 0 Å². The molecule has 0 aromatic rings. The Morgan fingerprint density at radius 2 is 1.29 bits per heavy atom. The Morgan fingerprint density at radius 3 is 1.81 bits per heavy atom. The van der Waals surface area contributed by atoms with Crippen LogP contribution >= 0.6 is 0 Å². The minimum absolute atomic E-state index is 0.731. The summed E-state index contributed by atoms with van der Waals surface area (Å²) in [5.41, 5.74) is 0. The molecule has 0 aromatic heterocycles. The number of nitrogens with zero attached hydrogens (tertiary/aromatic N) is 1. The van der Waals surface area contributed by atoms with Crippen LogP contribution in [0.2, 0.25) is 0 Å². The molecule has 0 unspecified atom stereocenters.